The van der Waals surface area contributed by atoms with Gasteiger partial charge in [0.25, 0.3) is 5.91 Å². The van der Waals surface area contributed by atoms with Crippen molar-refractivity contribution in [3.8, 4) is 10.6 Å². The van der Waals surface area contributed by atoms with Gasteiger partial charge in [-0.15, -0.1) is 11.3 Å². The quantitative estimate of drug-likeness (QED) is 0.723. The van der Waals surface area contributed by atoms with Crippen LogP contribution < -0.4 is 5.32 Å². The zero-order valence-electron chi connectivity index (χ0n) is 13.6. The van der Waals surface area contributed by atoms with Crippen molar-refractivity contribution in [3.63, 3.8) is 0 Å². The standard InChI is InChI=1S/C17H14F3N3O2S/c1-10-13(17(18,19)20)14(25-23-10)15(24)21-8-7-12-9-26-16(22-12)11-5-3-2-4-6-11/h2-6,9H,7-8H2,1H3,(H,21,24). The highest BCUT2D eigenvalue weighted by molar-refractivity contribution is 7.13. The number of rotatable bonds is 5. The summed E-state index contributed by atoms with van der Waals surface area (Å²) in [5.74, 6) is -1.77. The van der Waals surface area contributed by atoms with Crippen molar-refractivity contribution >= 4 is 17.2 Å². The number of carbonyl (C=O) groups is 1. The van der Waals surface area contributed by atoms with Crippen LogP contribution in [0.15, 0.2) is 40.2 Å². The lowest BCUT2D eigenvalue weighted by atomic mass is 10.2. The fourth-order valence-electron chi connectivity index (χ4n) is 2.38. The lowest BCUT2D eigenvalue weighted by Crippen LogP contribution is -2.27. The molecular weight excluding hydrogens is 367 g/mol. The number of benzene rings is 1. The maximum Gasteiger partial charge on any atom is 0.422 e. The number of aryl methyl sites for hydroxylation is 1. The molecule has 0 saturated carbocycles. The van der Waals surface area contributed by atoms with E-state index in [0.717, 1.165) is 23.2 Å². The molecule has 5 nitrogen and oxygen atoms in total. The van der Waals surface area contributed by atoms with E-state index in [0.29, 0.717) is 6.42 Å². The molecule has 0 unspecified atom stereocenters. The highest BCUT2D eigenvalue weighted by Crippen LogP contribution is 2.34. The van der Waals surface area contributed by atoms with Crippen LogP contribution in [0.25, 0.3) is 10.6 Å². The van der Waals surface area contributed by atoms with Crippen molar-refractivity contribution in [2.45, 2.75) is 19.5 Å². The molecule has 1 amide bonds. The topological polar surface area (TPSA) is 68.0 Å². The first-order chi connectivity index (χ1) is 12.4. The molecule has 136 valence electrons. The summed E-state index contributed by atoms with van der Waals surface area (Å²) in [6, 6.07) is 9.61. The number of carbonyl (C=O) groups excluding carboxylic acids is 1. The molecular formula is C17H14F3N3O2S. The summed E-state index contributed by atoms with van der Waals surface area (Å²) in [6.45, 7) is 1.28. The summed E-state index contributed by atoms with van der Waals surface area (Å²) in [5.41, 5.74) is 0.225. The molecule has 0 saturated heterocycles. The number of nitrogens with one attached hydrogen (secondary N) is 1. The number of alkyl halides is 3. The van der Waals surface area contributed by atoms with E-state index in [9.17, 15) is 18.0 Å². The van der Waals surface area contributed by atoms with E-state index in [-0.39, 0.29) is 12.2 Å². The Morgan fingerprint density at radius 2 is 2.00 bits per heavy atom. The molecule has 3 aromatic rings. The zero-order chi connectivity index (χ0) is 18.7. The minimum absolute atomic E-state index is 0.133. The van der Waals surface area contributed by atoms with Gasteiger partial charge in [0.1, 0.15) is 10.6 Å². The second-order valence-corrected chi connectivity index (χ2v) is 6.34. The van der Waals surface area contributed by atoms with Gasteiger partial charge in [-0.2, -0.15) is 13.2 Å². The van der Waals surface area contributed by atoms with Gasteiger partial charge in [-0.05, 0) is 6.92 Å². The van der Waals surface area contributed by atoms with Gasteiger partial charge >= 0.3 is 6.18 Å². The van der Waals surface area contributed by atoms with Gasteiger partial charge in [-0.3, -0.25) is 4.79 Å². The molecule has 1 aromatic carbocycles. The zero-order valence-corrected chi connectivity index (χ0v) is 14.4. The van der Waals surface area contributed by atoms with E-state index in [4.69, 9.17) is 0 Å². The third-order valence-corrected chi connectivity index (χ3v) is 4.53. The van der Waals surface area contributed by atoms with Crippen LogP contribution in [0.2, 0.25) is 0 Å². The average molecular weight is 381 g/mol. The third kappa shape index (κ3) is 3.93. The molecule has 0 aliphatic carbocycles. The fourth-order valence-corrected chi connectivity index (χ4v) is 3.24. The highest BCUT2D eigenvalue weighted by Gasteiger charge is 2.41. The van der Waals surface area contributed by atoms with E-state index in [1.807, 2.05) is 35.7 Å². The predicted molar refractivity (Wildman–Crippen MR) is 89.8 cm³/mol. The Balaban J connectivity index is 1.61. The largest absolute Gasteiger partial charge is 0.422 e. The van der Waals surface area contributed by atoms with Crippen LogP contribution in [0, 0.1) is 6.92 Å². The number of amides is 1. The Kier molecular flexibility index (Phi) is 5.08. The molecule has 0 bridgehead atoms. The van der Waals surface area contributed by atoms with Crippen molar-refractivity contribution in [2.24, 2.45) is 0 Å². The maximum absolute atomic E-state index is 13.0. The number of hydrogen-bond acceptors (Lipinski definition) is 5. The van der Waals surface area contributed by atoms with Crippen LogP contribution in [0.5, 0.6) is 0 Å². The Hall–Kier alpha value is -2.68. The minimum atomic E-state index is -4.70. The van der Waals surface area contributed by atoms with Crippen LogP contribution in [-0.4, -0.2) is 22.6 Å². The second kappa shape index (κ2) is 7.28. The SMILES string of the molecule is Cc1noc(C(=O)NCCc2csc(-c3ccccc3)n2)c1C(F)(F)F. The molecule has 0 fully saturated rings. The number of hydrogen-bond donors (Lipinski definition) is 1. The summed E-state index contributed by atoms with van der Waals surface area (Å²) in [6.07, 6.45) is -4.31. The molecule has 1 N–H and O–H groups in total. The molecule has 0 aliphatic rings. The van der Waals surface area contributed by atoms with E-state index in [1.54, 1.807) is 0 Å². The van der Waals surface area contributed by atoms with Gasteiger partial charge in [-0.25, -0.2) is 4.98 Å². The van der Waals surface area contributed by atoms with Crippen molar-refractivity contribution in [2.75, 3.05) is 6.54 Å². The first-order valence-corrected chi connectivity index (χ1v) is 8.55. The maximum atomic E-state index is 13.0. The Morgan fingerprint density at radius 3 is 2.69 bits per heavy atom. The first-order valence-electron chi connectivity index (χ1n) is 7.67. The van der Waals surface area contributed by atoms with Crippen molar-refractivity contribution in [3.05, 3.63) is 58.4 Å². The molecule has 2 heterocycles. The van der Waals surface area contributed by atoms with Gasteiger partial charge in [0.15, 0.2) is 0 Å². The molecule has 2 aromatic heterocycles. The van der Waals surface area contributed by atoms with E-state index >= 15 is 0 Å². The monoisotopic (exact) mass is 381 g/mol. The molecule has 0 spiro atoms. The molecule has 3 rings (SSSR count). The molecule has 26 heavy (non-hydrogen) atoms. The number of nitrogens with zero attached hydrogens (tertiary/aromatic N) is 2. The van der Waals surface area contributed by atoms with E-state index in [1.165, 1.54) is 11.3 Å². The predicted octanol–water partition coefficient (Wildman–Crippen LogP) is 4.10. The van der Waals surface area contributed by atoms with Crippen LogP contribution >= 0.6 is 11.3 Å². The second-order valence-electron chi connectivity index (χ2n) is 5.49. The van der Waals surface area contributed by atoms with Gasteiger partial charge in [0.05, 0.1) is 11.4 Å². The highest BCUT2D eigenvalue weighted by atomic mass is 32.1. The molecule has 9 heteroatoms. The van der Waals surface area contributed by atoms with Crippen LogP contribution in [0.4, 0.5) is 13.2 Å². The van der Waals surface area contributed by atoms with Crippen molar-refractivity contribution in [1.82, 2.24) is 15.5 Å². The number of aromatic nitrogens is 2. The van der Waals surface area contributed by atoms with Crippen LogP contribution in [0.3, 0.4) is 0 Å². The smallest absolute Gasteiger partial charge is 0.350 e. The first kappa shape index (κ1) is 18.1. The normalized spacial score (nSPS) is 11.5. The van der Waals surface area contributed by atoms with Crippen molar-refractivity contribution in [1.29, 1.82) is 0 Å². The van der Waals surface area contributed by atoms with Crippen LogP contribution in [-0.2, 0) is 12.6 Å². The average Bonchev–Trinajstić information content (AvgIpc) is 3.22. The summed E-state index contributed by atoms with van der Waals surface area (Å²) >= 11 is 1.47. The fraction of sp³-hybridized carbons (Fsp3) is 0.235. The summed E-state index contributed by atoms with van der Waals surface area (Å²) in [5, 5.41) is 8.35. The molecule has 0 aliphatic heterocycles. The lowest BCUT2D eigenvalue weighted by Gasteiger charge is -2.07. The van der Waals surface area contributed by atoms with Crippen molar-refractivity contribution < 1.29 is 22.5 Å². The molecule has 0 atom stereocenters. The van der Waals surface area contributed by atoms with Gasteiger partial charge < -0.3 is 9.84 Å². The number of halogens is 3. The lowest BCUT2D eigenvalue weighted by molar-refractivity contribution is -0.138. The summed E-state index contributed by atoms with van der Waals surface area (Å²) < 4.78 is 43.4. The minimum Gasteiger partial charge on any atom is -0.350 e. The summed E-state index contributed by atoms with van der Waals surface area (Å²) in [4.78, 5) is 16.4. The molecule has 0 radical (unpaired) electrons. The van der Waals surface area contributed by atoms with Gasteiger partial charge in [0.2, 0.25) is 5.76 Å². The van der Waals surface area contributed by atoms with Gasteiger partial charge in [-0.1, -0.05) is 35.5 Å². The Bertz CT molecular complexity index is 904. The summed E-state index contributed by atoms with van der Waals surface area (Å²) in [7, 11) is 0. The third-order valence-electron chi connectivity index (χ3n) is 3.59. The van der Waals surface area contributed by atoms with E-state index < -0.39 is 23.4 Å². The number of thiazole rings is 1. The van der Waals surface area contributed by atoms with Gasteiger partial charge in [0, 0.05) is 23.9 Å². The Labute approximate surface area is 150 Å². The Morgan fingerprint density at radius 1 is 1.27 bits per heavy atom. The van der Waals surface area contributed by atoms with E-state index in [2.05, 4.69) is 20.0 Å². The van der Waals surface area contributed by atoms with Crippen LogP contribution in [0.1, 0.15) is 27.5 Å².